The van der Waals surface area contributed by atoms with Crippen LogP contribution in [0.1, 0.15) is 12.5 Å². The maximum absolute atomic E-state index is 10.5. The summed E-state index contributed by atoms with van der Waals surface area (Å²) in [6.45, 7) is 3.30. The van der Waals surface area contributed by atoms with E-state index in [9.17, 15) is 9.90 Å². The maximum Gasteiger partial charge on any atom is 0.344 e. The average molecular weight is 423 g/mol. The molecule has 0 fully saturated rings. The summed E-state index contributed by atoms with van der Waals surface area (Å²) in [6, 6.07) is 14.2. The van der Waals surface area contributed by atoms with E-state index >= 15 is 0 Å². The molecule has 1 unspecified atom stereocenters. The number of rotatable bonds is 3. The van der Waals surface area contributed by atoms with Crippen LogP contribution in [0.15, 0.2) is 54.7 Å². The SMILES string of the molecule is Cc1cc(Cl)ccc1OC(C)C(=O)O.Oc1cccc2cccnc12.[Cu]. The van der Waals surface area contributed by atoms with Gasteiger partial charge in [-0.05, 0) is 49.7 Å². The summed E-state index contributed by atoms with van der Waals surface area (Å²) in [4.78, 5) is 14.6. The summed E-state index contributed by atoms with van der Waals surface area (Å²) >= 11 is 5.74. The van der Waals surface area contributed by atoms with Gasteiger partial charge in [0, 0.05) is 33.7 Å². The molecule has 1 heterocycles. The second-order valence-corrected chi connectivity index (χ2v) is 5.80. The Morgan fingerprint density at radius 2 is 1.88 bits per heavy atom. The summed E-state index contributed by atoms with van der Waals surface area (Å²) in [5, 5.41) is 19.5. The van der Waals surface area contributed by atoms with Crippen molar-refractivity contribution < 1.29 is 36.8 Å². The monoisotopic (exact) mass is 422 g/mol. The van der Waals surface area contributed by atoms with Gasteiger partial charge < -0.3 is 14.9 Å². The van der Waals surface area contributed by atoms with Crippen LogP contribution in [-0.4, -0.2) is 27.3 Å². The van der Waals surface area contributed by atoms with Crippen LogP contribution in [0, 0.1) is 6.92 Å². The molecule has 1 radical (unpaired) electrons. The molecule has 0 spiro atoms. The third-order valence-electron chi connectivity index (χ3n) is 3.40. The number of aromatic hydroxyl groups is 1. The van der Waals surface area contributed by atoms with E-state index in [0.717, 1.165) is 10.9 Å². The van der Waals surface area contributed by atoms with Crippen molar-refractivity contribution in [1.82, 2.24) is 4.98 Å². The molecule has 0 aliphatic rings. The number of phenols is 1. The first-order chi connectivity index (χ1) is 11.9. The smallest absolute Gasteiger partial charge is 0.344 e. The largest absolute Gasteiger partial charge is 0.506 e. The summed E-state index contributed by atoms with van der Waals surface area (Å²) in [6.07, 6.45) is 0.817. The molecule has 1 aromatic heterocycles. The molecule has 7 heteroatoms. The number of halogens is 1. The van der Waals surface area contributed by atoms with Crippen LogP contribution in [0.3, 0.4) is 0 Å². The van der Waals surface area contributed by atoms with Gasteiger partial charge >= 0.3 is 5.97 Å². The number of benzene rings is 2. The zero-order valence-corrected chi connectivity index (χ0v) is 15.8. The van der Waals surface area contributed by atoms with Crippen LogP contribution in [0.2, 0.25) is 5.02 Å². The van der Waals surface area contributed by atoms with E-state index < -0.39 is 12.1 Å². The van der Waals surface area contributed by atoms with Crippen LogP contribution in [0.4, 0.5) is 0 Å². The number of nitrogens with zero attached hydrogens (tertiary/aromatic N) is 1. The second kappa shape index (κ2) is 10.0. The number of carboxylic acid groups (broad SMARTS) is 1. The Bertz CT molecular complexity index is 883. The normalized spacial score (nSPS) is 10.9. The Balaban J connectivity index is 0.000000256. The second-order valence-electron chi connectivity index (χ2n) is 5.36. The first kappa shape index (κ1) is 21.8. The van der Waals surface area contributed by atoms with Gasteiger partial charge in [0.25, 0.3) is 0 Å². The molecule has 0 aliphatic carbocycles. The molecule has 0 saturated heterocycles. The summed E-state index contributed by atoms with van der Waals surface area (Å²) in [5.74, 6) is -0.202. The van der Waals surface area contributed by atoms with Gasteiger partial charge in [0.2, 0.25) is 0 Å². The summed E-state index contributed by atoms with van der Waals surface area (Å²) in [5.41, 5.74) is 1.49. The quantitative estimate of drug-likeness (QED) is 0.609. The fraction of sp³-hybridized carbons (Fsp3) is 0.158. The zero-order valence-electron chi connectivity index (χ0n) is 14.1. The molecule has 3 rings (SSSR count). The van der Waals surface area contributed by atoms with E-state index in [2.05, 4.69) is 4.98 Å². The van der Waals surface area contributed by atoms with E-state index in [0.29, 0.717) is 16.3 Å². The average Bonchev–Trinajstić information content (AvgIpc) is 2.58. The first-order valence-electron chi connectivity index (χ1n) is 7.57. The van der Waals surface area contributed by atoms with Crippen LogP contribution in [-0.2, 0) is 21.9 Å². The fourth-order valence-electron chi connectivity index (χ4n) is 2.07. The number of aromatic nitrogens is 1. The molecular weight excluding hydrogens is 405 g/mol. The minimum atomic E-state index is -0.987. The number of phenolic OH excluding ortho intramolecular Hbond substituents is 1. The molecule has 5 nitrogen and oxygen atoms in total. The van der Waals surface area contributed by atoms with Crippen LogP contribution in [0.5, 0.6) is 11.5 Å². The van der Waals surface area contributed by atoms with Crippen molar-refractivity contribution in [2.45, 2.75) is 20.0 Å². The molecule has 0 saturated carbocycles. The Morgan fingerprint density at radius 3 is 2.50 bits per heavy atom. The van der Waals surface area contributed by atoms with Gasteiger partial charge in [0.15, 0.2) is 6.10 Å². The van der Waals surface area contributed by atoms with Crippen molar-refractivity contribution in [3.63, 3.8) is 0 Å². The number of aliphatic carboxylic acids is 1. The van der Waals surface area contributed by atoms with Gasteiger partial charge in [0.05, 0.1) is 0 Å². The molecule has 1 atom stereocenters. The van der Waals surface area contributed by atoms with Crippen LogP contribution >= 0.6 is 11.6 Å². The molecule has 0 amide bonds. The number of aryl methyl sites for hydroxylation is 1. The van der Waals surface area contributed by atoms with Gasteiger partial charge in [-0.15, -0.1) is 0 Å². The van der Waals surface area contributed by atoms with Gasteiger partial charge in [-0.2, -0.15) is 0 Å². The van der Waals surface area contributed by atoms with Gasteiger partial charge in [-0.3, -0.25) is 4.98 Å². The topological polar surface area (TPSA) is 79.7 Å². The minimum Gasteiger partial charge on any atom is -0.506 e. The maximum atomic E-state index is 10.5. The third-order valence-corrected chi connectivity index (χ3v) is 3.64. The van der Waals surface area contributed by atoms with E-state index in [-0.39, 0.29) is 22.8 Å². The number of carboxylic acids is 1. The molecule has 0 aliphatic heterocycles. The van der Waals surface area contributed by atoms with Crippen molar-refractivity contribution in [3.05, 3.63) is 65.3 Å². The molecule has 2 N–H and O–H groups in total. The van der Waals surface area contributed by atoms with Crippen LogP contribution < -0.4 is 4.74 Å². The van der Waals surface area contributed by atoms with Crippen molar-refractivity contribution in [1.29, 1.82) is 0 Å². The minimum absolute atomic E-state index is 0. The Morgan fingerprint density at radius 1 is 1.19 bits per heavy atom. The molecule has 0 bridgehead atoms. The summed E-state index contributed by atoms with van der Waals surface area (Å²) < 4.78 is 5.20. The number of ether oxygens (including phenoxy) is 1. The number of carbonyl (C=O) groups is 1. The zero-order chi connectivity index (χ0) is 18.4. The Labute approximate surface area is 167 Å². The van der Waals surface area contributed by atoms with Gasteiger partial charge in [-0.1, -0.05) is 29.8 Å². The van der Waals surface area contributed by atoms with Crippen molar-refractivity contribution in [3.8, 4) is 11.5 Å². The molecule has 2 aromatic carbocycles. The number of hydrogen-bond acceptors (Lipinski definition) is 4. The number of hydrogen-bond donors (Lipinski definition) is 2. The molecule has 141 valence electrons. The predicted molar refractivity (Wildman–Crippen MR) is 97.3 cm³/mol. The van der Waals surface area contributed by atoms with E-state index in [1.165, 1.54) is 6.92 Å². The van der Waals surface area contributed by atoms with Gasteiger partial charge in [0.1, 0.15) is 17.0 Å². The molecular formula is C19H18ClCuNO4. The Hall–Kier alpha value is -2.27. The number of pyridine rings is 1. The van der Waals surface area contributed by atoms with Gasteiger partial charge in [-0.25, -0.2) is 4.79 Å². The van der Waals surface area contributed by atoms with Crippen molar-refractivity contribution in [2.75, 3.05) is 0 Å². The molecule has 3 aromatic rings. The summed E-state index contributed by atoms with van der Waals surface area (Å²) in [7, 11) is 0. The first-order valence-corrected chi connectivity index (χ1v) is 7.94. The van der Waals surface area contributed by atoms with Crippen molar-refractivity contribution in [2.24, 2.45) is 0 Å². The van der Waals surface area contributed by atoms with E-state index in [4.69, 9.17) is 21.4 Å². The van der Waals surface area contributed by atoms with Crippen molar-refractivity contribution >= 4 is 28.5 Å². The fourth-order valence-corrected chi connectivity index (χ4v) is 2.30. The molecule has 26 heavy (non-hydrogen) atoms. The van der Waals surface area contributed by atoms with Crippen LogP contribution in [0.25, 0.3) is 10.9 Å². The standard InChI is InChI=1S/C10H11ClO3.C9H7NO.Cu/c1-6-5-8(11)3-4-9(6)14-7(2)10(12)13;11-8-5-1-3-7-4-2-6-10-9(7)8;/h3-5,7H,1-2H3,(H,12,13);1-6,11H;. The van der Waals surface area contributed by atoms with E-state index in [1.54, 1.807) is 36.5 Å². The Kier molecular flexibility index (Phi) is 8.39. The number of fused-ring (bicyclic) bond motifs is 1. The third kappa shape index (κ3) is 5.92. The number of para-hydroxylation sites is 1. The predicted octanol–water partition coefficient (Wildman–Crippen LogP) is 4.44. The van der Waals surface area contributed by atoms with E-state index in [1.807, 2.05) is 25.1 Å².